The summed E-state index contributed by atoms with van der Waals surface area (Å²) in [5.41, 5.74) is 0.201. The summed E-state index contributed by atoms with van der Waals surface area (Å²) in [4.78, 5) is 34.5. The van der Waals surface area contributed by atoms with E-state index >= 15 is 0 Å². The summed E-state index contributed by atoms with van der Waals surface area (Å²) in [7, 11) is 0. The van der Waals surface area contributed by atoms with Crippen molar-refractivity contribution >= 4 is 11.5 Å². The second-order valence-corrected chi connectivity index (χ2v) is 12.5. The molecule has 0 aromatic carbocycles. The summed E-state index contributed by atoms with van der Waals surface area (Å²) < 4.78 is 34.9. The van der Waals surface area contributed by atoms with Crippen LogP contribution in [0.15, 0.2) is 51.7 Å². The minimum absolute atomic E-state index is 0.180. The largest absolute Gasteiger partial charge is 0.477 e. The van der Waals surface area contributed by atoms with Crippen LogP contribution in [0.25, 0.3) is 0 Å². The number of halogens is 1. The molecule has 3 aliphatic rings. The Balaban J connectivity index is 1.49. The highest BCUT2D eigenvalue weighted by Crippen LogP contribution is 2.47. The molecule has 2 fully saturated rings. The zero-order valence-electron chi connectivity index (χ0n) is 26.6. The normalized spacial score (nSPS) is 25.0. The van der Waals surface area contributed by atoms with Gasteiger partial charge in [0.25, 0.3) is 5.56 Å². The Morgan fingerprint density at radius 3 is 2.80 bits per heavy atom. The summed E-state index contributed by atoms with van der Waals surface area (Å²) in [6.07, 6.45) is 10.7. The minimum Gasteiger partial charge on any atom is -0.477 e. The van der Waals surface area contributed by atoms with Gasteiger partial charge in [-0.2, -0.15) is 0 Å². The van der Waals surface area contributed by atoms with E-state index in [-0.39, 0.29) is 42.7 Å². The molecule has 0 radical (unpaired) electrons. The van der Waals surface area contributed by atoms with Crippen LogP contribution in [0, 0.1) is 5.92 Å². The molecule has 1 aliphatic carbocycles. The molecule has 44 heavy (non-hydrogen) atoms. The quantitative estimate of drug-likeness (QED) is 0.234. The number of nitrogens with zero attached hydrogens (tertiary/aromatic N) is 4. The first kappa shape index (κ1) is 32.0. The third kappa shape index (κ3) is 6.94. The van der Waals surface area contributed by atoms with Gasteiger partial charge in [0.1, 0.15) is 23.3 Å². The van der Waals surface area contributed by atoms with E-state index in [1.807, 2.05) is 63.0 Å². The standard InChI is InChI=1S/C33H46FN5O5/c1-6-7-12-23(4)20-38-27-29(36-28(38)25-13-10-15-35-30(25)44-21-24-19-33(24,5)34)39(22(2)3)32(41)37(31(27)40)16-11-18-43-26-14-8-9-17-42-26/h6-7,10,12-13,15,22,24,26,28,36H,8-9,11,14,16-21H2,1-5H3/b7-6-,23-12+. The molecule has 4 unspecified atom stereocenters. The number of ether oxygens (including phenoxy) is 3. The van der Waals surface area contributed by atoms with Gasteiger partial charge in [-0.25, -0.2) is 14.2 Å². The van der Waals surface area contributed by atoms with Crippen LogP contribution < -0.4 is 26.2 Å². The summed E-state index contributed by atoms with van der Waals surface area (Å²) in [5, 5.41) is 3.49. The molecule has 0 amide bonds. The molecular formula is C33H46FN5O5. The van der Waals surface area contributed by atoms with Crippen LogP contribution in [0.4, 0.5) is 15.9 Å². The molecule has 1 saturated carbocycles. The van der Waals surface area contributed by atoms with Crippen LogP contribution in [0.3, 0.4) is 0 Å². The third-order valence-electron chi connectivity index (χ3n) is 8.55. The van der Waals surface area contributed by atoms with Crippen LogP contribution in [0.2, 0.25) is 0 Å². The lowest BCUT2D eigenvalue weighted by molar-refractivity contribution is -0.163. The fraction of sp³-hybridized carbons (Fsp3) is 0.606. The number of hydrogen-bond acceptors (Lipinski definition) is 8. The fourth-order valence-electron chi connectivity index (χ4n) is 5.91. The van der Waals surface area contributed by atoms with Gasteiger partial charge in [-0.1, -0.05) is 23.8 Å². The lowest BCUT2D eigenvalue weighted by Gasteiger charge is -2.28. The van der Waals surface area contributed by atoms with Gasteiger partial charge in [0.05, 0.1) is 18.8 Å². The van der Waals surface area contributed by atoms with Crippen molar-refractivity contribution in [2.24, 2.45) is 5.92 Å². The number of hydrogen-bond donors (Lipinski definition) is 1. The third-order valence-corrected chi connectivity index (χ3v) is 8.55. The number of anilines is 2. The second-order valence-electron chi connectivity index (χ2n) is 12.5. The number of allylic oxidation sites excluding steroid dienone is 3. The van der Waals surface area contributed by atoms with Gasteiger partial charge >= 0.3 is 5.69 Å². The number of fused-ring (bicyclic) bond motifs is 1. The van der Waals surface area contributed by atoms with E-state index in [1.54, 1.807) is 17.7 Å². The highest BCUT2D eigenvalue weighted by molar-refractivity contribution is 5.74. The molecule has 11 heteroatoms. The van der Waals surface area contributed by atoms with Crippen molar-refractivity contribution in [3.8, 4) is 5.88 Å². The molecule has 2 aromatic heterocycles. The van der Waals surface area contributed by atoms with Crippen LogP contribution in [0.1, 0.15) is 84.5 Å². The Morgan fingerprint density at radius 2 is 2.11 bits per heavy atom. The van der Waals surface area contributed by atoms with Gasteiger partial charge in [-0.3, -0.25) is 13.9 Å². The average Bonchev–Trinajstić information content (AvgIpc) is 3.46. The Hall–Kier alpha value is -3.44. The molecule has 5 rings (SSSR count). The maximum absolute atomic E-state index is 14.3. The summed E-state index contributed by atoms with van der Waals surface area (Å²) in [5.74, 6) is 0.664. The van der Waals surface area contributed by atoms with Crippen molar-refractivity contribution in [1.82, 2.24) is 14.1 Å². The molecule has 4 atom stereocenters. The van der Waals surface area contributed by atoms with Gasteiger partial charge in [0.2, 0.25) is 5.88 Å². The van der Waals surface area contributed by atoms with Crippen LogP contribution in [-0.2, 0) is 16.0 Å². The monoisotopic (exact) mass is 611 g/mol. The second kappa shape index (κ2) is 13.7. The number of nitrogens with one attached hydrogen (secondary N) is 1. The van der Waals surface area contributed by atoms with Crippen LogP contribution in [0.5, 0.6) is 5.88 Å². The molecule has 2 aromatic rings. The van der Waals surface area contributed by atoms with Crippen LogP contribution >= 0.6 is 0 Å². The molecule has 2 aliphatic heterocycles. The molecule has 4 heterocycles. The molecule has 240 valence electrons. The van der Waals surface area contributed by atoms with Crippen molar-refractivity contribution in [3.05, 3.63) is 68.5 Å². The molecular weight excluding hydrogens is 565 g/mol. The van der Waals surface area contributed by atoms with Crippen molar-refractivity contribution in [3.63, 3.8) is 0 Å². The number of pyridine rings is 1. The lowest BCUT2D eigenvalue weighted by atomic mass is 10.1. The molecule has 0 bridgehead atoms. The predicted octanol–water partition coefficient (Wildman–Crippen LogP) is 5.50. The molecule has 0 spiro atoms. The van der Waals surface area contributed by atoms with Gasteiger partial charge in [-0.15, -0.1) is 0 Å². The fourth-order valence-corrected chi connectivity index (χ4v) is 5.91. The van der Waals surface area contributed by atoms with E-state index in [0.29, 0.717) is 55.5 Å². The van der Waals surface area contributed by atoms with E-state index in [9.17, 15) is 14.0 Å². The lowest BCUT2D eigenvalue weighted by Crippen LogP contribution is -2.43. The van der Waals surface area contributed by atoms with Crippen molar-refractivity contribution in [2.45, 2.75) is 97.4 Å². The average molecular weight is 612 g/mol. The zero-order chi connectivity index (χ0) is 31.4. The van der Waals surface area contributed by atoms with E-state index in [4.69, 9.17) is 14.2 Å². The first-order chi connectivity index (χ1) is 21.1. The number of aromatic nitrogens is 3. The molecule has 10 nitrogen and oxygen atoms in total. The zero-order valence-corrected chi connectivity index (χ0v) is 26.6. The summed E-state index contributed by atoms with van der Waals surface area (Å²) in [6.45, 7) is 11.3. The Bertz CT molecular complexity index is 1490. The van der Waals surface area contributed by atoms with Crippen molar-refractivity contribution in [1.29, 1.82) is 0 Å². The maximum atomic E-state index is 14.3. The van der Waals surface area contributed by atoms with Crippen molar-refractivity contribution in [2.75, 3.05) is 36.6 Å². The predicted molar refractivity (Wildman–Crippen MR) is 169 cm³/mol. The van der Waals surface area contributed by atoms with Gasteiger partial charge in [0, 0.05) is 37.9 Å². The molecule has 1 saturated heterocycles. The van der Waals surface area contributed by atoms with Crippen LogP contribution in [-0.4, -0.2) is 52.4 Å². The SMILES string of the molecule is C/C=C\C=C(/C)CN1c2c(n(C(C)C)c(=O)n(CCCOC3CCCCO3)c2=O)NC1c1cccnc1OCC1CC1(C)F. The minimum atomic E-state index is -1.22. The first-order valence-corrected chi connectivity index (χ1v) is 15.8. The molecule has 1 N–H and O–H groups in total. The number of alkyl halides is 1. The van der Waals surface area contributed by atoms with E-state index < -0.39 is 11.8 Å². The Morgan fingerprint density at radius 1 is 1.32 bits per heavy atom. The smallest absolute Gasteiger partial charge is 0.332 e. The van der Waals surface area contributed by atoms with Crippen molar-refractivity contribution < 1.29 is 18.6 Å². The summed E-state index contributed by atoms with van der Waals surface area (Å²) >= 11 is 0. The number of rotatable bonds is 13. The van der Waals surface area contributed by atoms with E-state index in [0.717, 1.165) is 24.8 Å². The first-order valence-electron chi connectivity index (χ1n) is 15.8. The topological polar surface area (TPSA) is 99.9 Å². The van der Waals surface area contributed by atoms with Gasteiger partial charge in [-0.05, 0) is 78.9 Å². The van der Waals surface area contributed by atoms with Gasteiger partial charge in [0.15, 0.2) is 6.29 Å². The van der Waals surface area contributed by atoms with Gasteiger partial charge < -0.3 is 24.4 Å². The van der Waals surface area contributed by atoms with E-state index in [1.165, 1.54) is 4.57 Å². The Labute approximate surface area is 258 Å². The highest BCUT2D eigenvalue weighted by atomic mass is 19.1. The Kier molecular flexibility index (Phi) is 9.94. The maximum Gasteiger partial charge on any atom is 0.332 e. The van der Waals surface area contributed by atoms with E-state index in [2.05, 4.69) is 10.3 Å². The highest BCUT2D eigenvalue weighted by Gasteiger charge is 2.51. The summed E-state index contributed by atoms with van der Waals surface area (Å²) in [6, 6.07) is 3.49.